The van der Waals surface area contributed by atoms with Crippen LogP contribution in [0.1, 0.15) is 105 Å². The van der Waals surface area contributed by atoms with Gasteiger partial charge in [0.15, 0.2) is 17.4 Å². The van der Waals surface area contributed by atoms with Crippen LogP contribution >= 0.6 is 69.6 Å². The third-order valence-electron chi connectivity index (χ3n) is 10.4. The minimum absolute atomic E-state index is 0. The van der Waals surface area contributed by atoms with E-state index in [1.807, 2.05) is 0 Å². The largest absolute Gasteiger partial charge is 1.00 e. The van der Waals surface area contributed by atoms with Crippen LogP contribution in [0, 0.1) is 47.3 Å². The second-order valence-corrected chi connectivity index (χ2v) is 17.6. The summed E-state index contributed by atoms with van der Waals surface area (Å²) in [5.74, 6) is 6.44. The predicted molar refractivity (Wildman–Crippen MR) is 203 cm³/mol. The molecule has 49 heavy (non-hydrogen) atoms. The molecular formula is C36H55AlCl6LiNaO4. The molecule has 8 aliphatic carbocycles. The molecule has 0 aromatic rings. The van der Waals surface area contributed by atoms with Crippen LogP contribution in [0.15, 0.2) is 34.4 Å². The summed E-state index contributed by atoms with van der Waals surface area (Å²) in [6.07, 6.45) is 28.6. The van der Waals surface area contributed by atoms with E-state index in [9.17, 15) is 9.59 Å². The van der Waals surface area contributed by atoms with Gasteiger partial charge in [-0.15, -0.1) is 11.6 Å². The molecule has 0 N–H and O–H groups in total. The Morgan fingerprint density at radius 2 is 1.29 bits per heavy atom. The molecule has 0 aromatic carbocycles. The summed E-state index contributed by atoms with van der Waals surface area (Å²) in [5, 5.41) is 10.4. The third-order valence-corrected chi connectivity index (χ3v) is 12.2. The van der Waals surface area contributed by atoms with Gasteiger partial charge in [-0.2, -0.15) is 7.11 Å². The molecule has 4 nitrogen and oxygen atoms in total. The average molecular weight is 821 g/mol. The third kappa shape index (κ3) is 18.1. The number of carbonyl (C=O) groups is 2. The number of ketones is 1. The number of esters is 1. The normalized spacial score (nSPS) is 33.1. The zero-order chi connectivity index (χ0) is 33.9. The molecule has 0 saturated heterocycles. The Labute approximate surface area is 372 Å². The second-order valence-electron chi connectivity index (χ2n) is 14.0. The maximum atomic E-state index is 10.9. The molecule has 9 atom stereocenters. The van der Waals surface area contributed by atoms with Crippen molar-refractivity contribution in [2.45, 2.75) is 112 Å². The molecular weight excluding hydrogens is 766 g/mol. The topological polar surface area (TPSA) is 66.4 Å². The van der Waals surface area contributed by atoms with Gasteiger partial charge in [0.25, 0.3) is 3.79 Å². The first kappa shape index (κ1) is 51.2. The summed E-state index contributed by atoms with van der Waals surface area (Å²) in [6, 6.07) is 0. The fourth-order valence-corrected chi connectivity index (χ4v) is 9.49. The average Bonchev–Trinajstić information content (AvgIpc) is 3.86. The molecule has 5 fully saturated rings. The summed E-state index contributed by atoms with van der Waals surface area (Å²) >= 11 is 33.2. The van der Waals surface area contributed by atoms with E-state index in [1.165, 1.54) is 77.0 Å². The standard InChI is InChI=1S/C8H10Cl2.C8H11Cl.C8H12O.C7H10.C4H5Cl3O2.CH3O.Al.Li.Na.4H/c9-7-4-5-1-2-6(3-5)8(7)10;2*9-8-4-6-1-2-7(3-6)5-8;1-2-7-4-3-6(1)5-7;1-2-9-3(8)4(5,6)7;1-2;;;;;;;/h4-6,8H,1-3H2;4,6-7H,1-3,5H2;6-7H,1-5H2;1-2,6-7H,3-5H2;2H2,1H3;1H3;;;;;;;/q;;;;;-1;;2*+1;;;;-1. The fraction of sp³-hybridized carbons (Fsp3) is 0.778. The van der Waals surface area contributed by atoms with E-state index >= 15 is 0 Å². The number of Topliss-reactive ketones (excluding diaryl/α,β-unsaturated/α-hetero) is 1. The molecule has 270 valence electrons. The number of fused-ring (bicyclic) bond motifs is 8. The molecule has 9 unspecified atom stereocenters. The zero-order valence-electron chi connectivity index (χ0n) is 30.2. The van der Waals surface area contributed by atoms with Crippen molar-refractivity contribution in [1.29, 1.82) is 0 Å². The van der Waals surface area contributed by atoms with Gasteiger partial charge in [0.1, 0.15) is 5.78 Å². The first-order chi connectivity index (χ1) is 21.9. The summed E-state index contributed by atoms with van der Waals surface area (Å²) in [4.78, 5) is 21.4. The number of ether oxygens (including phenoxy) is 1. The molecule has 5 saturated carbocycles. The molecule has 13 heteroatoms. The zero-order valence-corrected chi connectivity index (χ0v) is 35.8. The smallest absolute Gasteiger partial charge is 1.00 e. The van der Waals surface area contributed by atoms with E-state index in [0.717, 1.165) is 77.9 Å². The SMILES string of the molecule is C1=CC2CCC1C2.CCOC(=O)C(Cl)(Cl)Cl.C[O-].ClC1=CC2CCC(C1)C2.ClC1=CC2CCC(C2)C1Cl.O=C1CC2CCC(C1)C2.[AlH3].[H-].[Li+].[Na+]. The van der Waals surface area contributed by atoms with Crippen molar-refractivity contribution in [2.24, 2.45) is 47.3 Å². The van der Waals surface area contributed by atoms with Crippen molar-refractivity contribution in [1.82, 2.24) is 0 Å². The van der Waals surface area contributed by atoms with Crippen LogP contribution in [-0.4, -0.2) is 52.0 Å². The van der Waals surface area contributed by atoms with Gasteiger partial charge in [-0.3, -0.25) is 4.79 Å². The van der Waals surface area contributed by atoms with E-state index in [-0.39, 0.29) is 79.2 Å². The summed E-state index contributed by atoms with van der Waals surface area (Å²) in [7, 11) is 0.750. The molecule has 0 aliphatic heterocycles. The quantitative estimate of drug-likeness (QED) is 0.176. The summed E-state index contributed by atoms with van der Waals surface area (Å²) < 4.78 is 2.44. The van der Waals surface area contributed by atoms with Crippen LogP contribution in [0.3, 0.4) is 0 Å². The molecule has 0 radical (unpaired) electrons. The van der Waals surface area contributed by atoms with Gasteiger partial charge in [-0.05, 0) is 138 Å². The van der Waals surface area contributed by atoms with Crippen molar-refractivity contribution < 1.29 is 69.3 Å². The van der Waals surface area contributed by atoms with Gasteiger partial charge in [-0.1, -0.05) is 82.3 Å². The van der Waals surface area contributed by atoms with Crippen LogP contribution in [0.25, 0.3) is 0 Å². The van der Waals surface area contributed by atoms with Crippen molar-refractivity contribution in [2.75, 3.05) is 13.7 Å². The molecule has 0 heterocycles. The van der Waals surface area contributed by atoms with E-state index in [1.54, 1.807) is 6.92 Å². The molecule has 8 rings (SSSR count). The van der Waals surface area contributed by atoms with Crippen LogP contribution < -0.4 is 53.5 Å². The molecule has 0 spiro atoms. The Bertz CT molecular complexity index is 1070. The second kappa shape index (κ2) is 26.1. The molecule has 8 aliphatic rings. The Kier molecular flexibility index (Phi) is 27.3. The van der Waals surface area contributed by atoms with Crippen molar-refractivity contribution in [3.63, 3.8) is 0 Å². The van der Waals surface area contributed by atoms with Crippen molar-refractivity contribution in [3.8, 4) is 0 Å². The van der Waals surface area contributed by atoms with Gasteiger partial charge >= 0.3 is 54.4 Å². The van der Waals surface area contributed by atoms with Gasteiger partial charge in [-0.25, -0.2) is 4.79 Å². The first-order valence-electron chi connectivity index (χ1n) is 17.1. The maximum Gasteiger partial charge on any atom is 1.00 e. The van der Waals surface area contributed by atoms with Crippen LogP contribution in [0.4, 0.5) is 0 Å². The van der Waals surface area contributed by atoms with Crippen LogP contribution in [0.5, 0.6) is 0 Å². The number of hydrogen-bond donors (Lipinski definition) is 0. The van der Waals surface area contributed by atoms with Gasteiger partial charge in [0.05, 0.1) is 12.0 Å². The Hall–Kier alpha value is 2.19. The Morgan fingerprint density at radius 3 is 1.73 bits per heavy atom. The van der Waals surface area contributed by atoms with Crippen molar-refractivity contribution in [3.05, 3.63) is 34.4 Å². The molecule has 0 aromatic heterocycles. The van der Waals surface area contributed by atoms with Crippen LogP contribution in [-0.2, 0) is 14.3 Å². The maximum absolute atomic E-state index is 10.9. The minimum atomic E-state index is -1.93. The van der Waals surface area contributed by atoms with E-state index in [4.69, 9.17) is 74.7 Å². The Morgan fingerprint density at radius 1 is 0.796 bits per heavy atom. The molecule has 0 amide bonds. The van der Waals surface area contributed by atoms with E-state index in [2.05, 4.69) is 29.0 Å². The number of alkyl halides is 4. The van der Waals surface area contributed by atoms with Gasteiger partial charge < -0.3 is 11.3 Å². The van der Waals surface area contributed by atoms with E-state index in [0.29, 0.717) is 11.7 Å². The predicted octanol–water partition coefficient (Wildman–Crippen LogP) is 3.65. The number of hydrogen-bond acceptors (Lipinski definition) is 4. The van der Waals surface area contributed by atoms with E-state index < -0.39 is 9.76 Å². The summed E-state index contributed by atoms with van der Waals surface area (Å²) in [6.45, 7) is 1.85. The number of allylic oxidation sites excluding steroid dienone is 6. The van der Waals surface area contributed by atoms with Crippen molar-refractivity contribution >= 4 is 98.7 Å². The number of carbonyl (C=O) groups excluding carboxylic acids is 2. The van der Waals surface area contributed by atoms with Crippen LogP contribution in [0.2, 0.25) is 0 Å². The minimum Gasteiger partial charge on any atom is -1.00 e. The fourth-order valence-electron chi connectivity index (χ4n) is 8.27. The number of rotatable bonds is 1. The molecule has 8 bridgehead atoms. The first-order valence-corrected chi connectivity index (χ1v) is 19.4. The Balaban J connectivity index is 0. The van der Waals surface area contributed by atoms with Gasteiger partial charge in [0, 0.05) is 22.9 Å². The summed E-state index contributed by atoms with van der Waals surface area (Å²) in [5.41, 5.74) is 0. The van der Waals surface area contributed by atoms with Gasteiger partial charge in [0.2, 0.25) is 0 Å². The number of halogens is 6. The monoisotopic (exact) mass is 818 g/mol.